The number of nitrogens with zero attached hydrogens (tertiary/aromatic N) is 2. The molecular formula is C48H80N12O13S2. The fourth-order valence-electron chi connectivity index (χ4n) is 7.92. The molecule has 1 aliphatic heterocycles. The van der Waals surface area contributed by atoms with Crippen molar-refractivity contribution in [2.24, 2.45) is 34.0 Å². The van der Waals surface area contributed by atoms with Gasteiger partial charge in [-0.3, -0.25) is 43.3 Å². The molecule has 1 saturated heterocycles. The lowest BCUT2D eigenvalue weighted by Gasteiger charge is -2.31. The molecule has 1 aromatic rings. The summed E-state index contributed by atoms with van der Waals surface area (Å²) in [6, 6.07) is -6.03. The van der Waals surface area contributed by atoms with Crippen molar-refractivity contribution in [1.82, 2.24) is 42.1 Å². The Labute approximate surface area is 447 Å². The van der Waals surface area contributed by atoms with Crippen LogP contribution in [-0.4, -0.2) is 183 Å². The number of aliphatic hydroxyl groups is 2. The van der Waals surface area contributed by atoms with Crippen LogP contribution >= 0.6 is 24.4 Å². The number of aromatic hydroxyl groups is 1. The van der Waals surface area contributed by atoms with Gasteiger partial charge in [-0.05, 0) is 98.7 Å². The predicted octanol–water partition coefficient (Wildman–Crippen LogP) is -2.68. The third-order valence-corrected chi connectivity index (χ3v) is 13.5. The molecule has 0 saturated carbocycles. The zero-order valence-corrected chi connectivity index (χ0v) is 45.1. The number of benzene rings is 1. The first-order chi connectivity index (χ1) is 35.5. The van der Waals surface area contributed by atoms with Crippen LogP contribution in [-0.2, 0) is 49.6 Å². The van der Waals surface area contributed by atoms with Gasteiger partial charge in [0.15, 0.2) is 5.96 Å². The minimum atomic E-state index is -1.63. The van der Waals surface area contributed by atoms with Crippen LogP contribution in [0.15, 0.2) is 29.3 Å². The zero-order valence-electron chi connectivity index (χ0n) is 43.4. The molecule has 10 atom stereocenters. The van der Waals surface area contributed by atoms with E-state index in [0.29, 0.717) is 49.2 Å². The second-order valence-corrected chi connectivity index (χ2v) is 20.2. The molecule has 0 radical (unpaired) electrons. The van der Waals surface area contributed by atoms with Crippen molar-refractivity contribution in [2.45, 2.75) is 146 Å². The number of likely N-dealkylation sites (tertiary alicyclic amines) is 1. The molecule has 27 heteroatoms. The number of aliphatic hydroxyl groups excluding tert-OH is 2. The van der Waals surface area contributed by atoms with Crippen LogP contribution in [0.3, 0.4) is 0 Å². The Morgan fingerprint density at radius 3 is 1.88 bits per heavy atom. The fourth-order valence-corrected chi connectivity index (χ4v) is 8.61. The van der Waals surface area contributed by atoms with E-state index in [1.807, 2.05) is 0 Å². The largest absolute Gasteiger partial charge is 0.508 e. The summed E-state index contributed by atoms with van der Waals surface area (Å²) in [5, 5.41) is 58.2. The number of aliphatic carboxylic acids is 1. The Morgan fingerprint density at radius 1 is 0.733 bits per heavy atom. The number of unbranched alkanes of at least 4 members (excludes halogenated alkanes) is 1. The van der Waals surface area contributed by atoms with Crippen molar-refractivity contribution in [3.63, 3.8) is 0 Å². The SMILES string of the molecule is CC[C@H](C)[C@H](NC(=O)[C@H](CO)NC(=O)[C@@H](NC(=O)[C@@H]1CCCN1C(=O)[C@H](CO)NC(=O)[C@H](Cc1ccc(O)cc1)NC(=O)[C@H](CCSC)NC(=O)[C@@H](N)CCCN=C(N)N)C(C)C)C(=O)N[C@@H](CCCCS)C(=O)O. The van der Waals surface area contributed by atoms with Crippen LogP contribution in [0.1, 0.15) is 91.0 Å². The van der Waals surface area contributed by atoms with Gasteiger partial charge in [0.05, 0.1) is 19.3 Å². The molecule has 422 valence electrons. The fraction of sp³-hybridized carbons (Fsp3) is 0.667. The maximum Gasteiger partial charge on any atom is 0.326 e. The number of carboxylic acid groups (broad SMARTS) is 1. The van der Waals surface area contributed by atoms with Gasteiger partial charge in [-0.1, -0.05) is 46.2 Å². The minimum Gasteiger partial charge on any atom is -0.508 e. The third-order valence-electron chi connectivity index (χ3n) is 12.6. The van der Waals surface area contributed by atoms with Gasteiger partial charge in [-0.2, -0.15) is 24.4 Å². The third kappa shape index (κ3) is 22.1. The summed E-state index contributed by atoms with van der Waals surface area (Å²) in [4.78, 5) is 127. The number of carboxylic acids is 1. The van der Waals surface area contributed by atoms with Crippen LogP contribution < -0.4 is 54.4 Å². The molecule has 2 rings (SSSR count). The standard InChI is InChI=1S/C48H80N12O13S2/c1-6-27(4)38(45(70)54-32(47(72)73)12-7-8-21-74)59-42(67)34(24-61)56-44(69)37(26(2)3)58-43(68)36-13-10-20-60(36)46(71)35(25-62)57-41(66)33(23-28-14-16-29(63)17-15-28)55-40(65)31(18-22-75-5)53-39(64)30(49)11-9-19-52-48(50)51/h14-17,26-27,30-38,61-63,74H,6-13,18-25,49H2,1-5H3,(H,53,64)(H,54,70)(H,55,65)(H,56,69)(H,57,66)(H,58,68)(H,59,67)(H,72,73)(H4,50,51,52)/t27-,30-,31-,32-,33-,34-,35-,36-,37-,38-/m0/s1. The summed E-state index contributed by atoms with van der Waals surface area (Å²) in [5.41, 5.74) is 17.3. The van der Waals surface area contributed by atoms with Gasteiger partial charge in [-0.25, -0.2) is 4.79 Å². The summed E-state index contributed by atoms with van der Waals surface area (Å²) < 4.78 is 0. The van der Waals surface area contributed by atoms with Crippen LogP contribution in [0, 0.1) is 11.8 Å². The Bertz CT molecular complexity index is 2090. The molecular weight excluding hydrogens is 1020 g/mol. The highest BCUT2D eigenvalue weighted by molar-refractivity contribution is 7.98. The average molecular weight is 1100 g/mol. The number of rotatable bonds is 34. The number of hydrogen-bond donors (Lipinski definition) is 15. The predicted molar refractivity (Wildman–Crippen MR) is 285 cm³/mol. The van der Waals surface area contributed by atoms with Crippen LogP contribution in [0.2, 0.25) is 0 Å². The summed E-state index contributed by atoms with van der Waals surface area (Å²) in [6.45, 7) is 5.03. The van der Waals surface area contributed by atoms with Crippen LogP contribution in [0.4, 0.5) is 0 Å². The van der Waals surface area contributed by atoms with E-state index in [1.54, 1.807) is 34.0 Å². The second-order valence-electron chi connectivity index (χ2n) is 18.7. The Balaban J connectivity index is 2.27. The molecule has 25 nitrogen and oxygen atoms in total. The van der Waals surface area contributed by atoms with E-state index < -0.39 is 133 Å². The zero-order chi connectivity index (χ0) is 56.4. The summed E-state index contributed by atoms with van der Waals surface area (Å²) >= 11 is 5.54. The van der Waals surface area contributed by atoms with Crippen LogP contribution in [0.5, 0.6) is 5.75 Å². The molecule has 1 aliphatic rings. The number of thioether (sulfide) groups is 1. The Kier molecular flexibility index (Phi) is 29.5. The quantitative estimate of drug-likeness (QED) is 0.0145. The number of phenols is 1. The topological polar surface area (TPSA) is 412 Å². The van der Waals surface area contributed by atoms with Crippen molar-refractivity contribution >= 4 is 83.6 Å². The second kappa shape index (κ2) is 33.9. The molecule has 0 aromatic heterocycles. The highest BCUT2D eigenvalue weighted by atomic mass is 32.2. The van der Waals surface area contributed by atoms with E-state index in [9.17, 15) is 63.6 Å². The molecule has 1 aromatic carbocycles. The number of guanidine groups is 1. The van der Waals surface area contributed by atoms with E-state index in [0.717, 1.165) is 4.90 Å². The lowest BCUT2D eigenvalue weighted by Crippen LogP contribution is -2.62. The number of hydrogen-bond acceptors (Lipinski definition) is 16. The van der Waals surface area contributed by atoms with Gasteiger partial charge in [-0.15, -0.1) is 0 Å². The number of nitrogens with two attached hydrogens (primary N) is 3. The first-order valence-electron chi connectivity index (χ1n) is 25.1. The number of nitrogens with one attached hydrogen (secondary N) is 7. The van der Waals surface area contributed by atoms with E-state index in [4.69, 9.17) is 17.2 Å². The van der Waals surface area contributed by atoms with E-state index >= 15 is 0 Å². The van der Waals surface area contributed by atoms with Crippen LogP contribution in [0.25, 0.3) is 0 Å². The summed E-state index contributed by atoms with van der Waals surface area (Å²) in [7, 11) is 0. The van der Waals surface area contributed by atoms with E-state index in [1.165, 1.54) is 36.0 Å². The molecule has 8 amide bonds. The molecule has 0 spiro atoms. The highest BCUT2D eigenvalue weighted by Gasteiger charge is 2.41. The monoisotopic (exact) mass is 1100 g/mol. The highest BCUT2D eigenvalue weighted by Crippen LogP contribution is 2.20. The lowest BCUT2D eigenvalue weighted by molar-refractivity contribution is -0.143. The van der Waals surface area contributed by atoms with Gasteiger partial charge in [0.1, 0.15) is 54.1 Å². The first kappa shape index (κ1) is 65.2. The van der Waals surface area contributed by atoms with Crippen molar-refractivity contribution in [2.75, 3.05) is 44.1 Å². The normalized spacial score (nSPS) is 16.8. The number of aliphatic imine (C=N–C) groups is 1. The van der Waals surface area contributed by atoms with Crippen molar-refractivity contribution in [3.8, 4) is 5.75 Å². The van der Waals surface area contributed by atoms with Gasteiger partial charge in [0.25, 0.3) is 0 Å². The number of phenolic OH excluding ortho intramolecular Hbond substituents is 1. The molecule has 17 N–H and O–H groups in total. The first-order valence-corrected chi connectivity index (χ1v) is 27.1. The molecule has 0 unspecified atom stereocenters. The van der Waals surface area contributed by atoms with Crippen molar-refractivity contribution in [1.29, 1.82) is 0 Å². The van der Waals surface area contributed by atoms with Crippen molar-refractivity contribution < 1.29 is 63.6 Å². The van der Waals surface area contributed by atoms with Gasteiger partial charge in [0.2, 0.25) is 47.3 Å². The smallest absolute Gasteiger partial charge is 0.326 e. The van der Waals surface area contributed by atoms with Gasteiger partial charge < -0.3 is 79.7 Å². The average Bonchev–Trinajstić information content (AvgIpc) is 3.87. The van der Waals surface area contributed by atoms with E-state index in [-0.39, 0.29) is 56.9 Å². The lowest BCUT2D eigenvalue weighted by atomic mass is 9.97. The number of carbonyl (C=O) groups is 9. The minimum absolute atomic E-state index is 0.0172. The molecule has 0 bridgehead atoms. The summed E-state index contributed by atoms with van der Waals surface area (Å²) in [6.07, 6.45) is 4.41. The van der Waals surface area contributed by atoms with Crippen molar-refractivity contribution in [3.05, 3.63) is 29.8 Å². The Hall–Kier alpha value is -5.90. The van der Waals surface area contributed by atoms with Gasteiger partial charge >= 0.3 is 5.97 Å². The van der Waals surface area contributed by atoms with Gasteiger partial charge in [0, 0.05) is 19.5 Å². The number of thiol groups is 1. The molecule has 1 fully saturated rings. The number of carbonyl (C=O) groups excluding carboxylic acids is 8. The number of amides is 8. The summed E-state index contributed by atoms with van der Waals surface area (Å²) in [5.74, 6) is -8.12. The molecule has 75 heavy (non-hydrogen) atoms. The van der Waals surface area contributed by atoms with E-state index in [2.05, 4.69) is 54.8 Å². The maximum atomic E-state index is 14.1. The molecule has 1 heterocycles. The Morgan fingerprint density at radius 2 is 1.31 bits per heavy atom. The maximum absolute atomic E-state index is 14.1. The molecule has 0 aliphatic carbocycles.